The number of rotatable bonds is 3. The minimum atomic E-state index is -0.273. The lowest BCUT2D eigenvalue weighted by Crippen LogP contribution is -2.44. The molecule has 1 saturated heterocycles. The molecule has 26 heavy (non-hydrogen) atoms. The van der Waals surface area contributed by atoms with Gasteiger partial charge in [-0.1, -0.05) is 19.1 Å². The van der Waals surface area contributed by atoms with E-state index < -0.39 is 0 Å². The number of benzene rings is 1. The van der Waals surface area contributed by atoms with Gasteiger partial charge >= 0.3 is 0 Å². The van der Waals surface area contributed by atoms with Crippen LogP contribution in [0.4, 0.5) is 4.39 Å². The van der Waals surface area contributed by atoms with Crippen LogP contribution < -0.4 is 0 Å². The van der Waals surface area contributed by atoms with Crippen molar-refractivity contribution in [2.24, 2.45) is 0 Å². The first-order valence-corrected chi connectivity index (χ1v) is 9.79. The Bertz CT molecular complexity index is 936. The lowest BCUT2D eigenvalue weighted by Gasteiger charge is -2.38. The molecule has 1 fully saturated rings. The average Bonchev–Trinajstić information content (AvgIpc) is 3.22. The lowest BCUT2D eigenvalue weighted by atomic mass is 9.77. The number of nitrogens with zero attached hydrogens (tertiary/aromatic N) is 3. The fourth-order valence-electron chi connectivity index (χ4n) is 3.74. The number of halogens is 1. The van der Waals surface area contributed by atoms with E-state index >= 15 is 0 Å². The summed E-state index contributed by atoms with van der Waals surface area (Å²) in [6, 6.07) is 6.18. The number of likely N-dealkylation sites (tertiary alicyclic amines) is 1. The van der Waals surface area contributed by atoms with Crippen molar-refractivity contribution in [1.29, 1.82) is 0 Å². The Morgan fingerprint density at radius 1 is 1.27 bits per heavy atom. The van der Waals surface area contributed by atoms with E-state index in [4.69, 9.17) is 4.98 Å². The minimum absolute atomic E-state index is 0.00296. The summed E-state index contributed by atoms with van der Waals surface area (Å²) >= 11 is 1.73. The van der Waals surface area contributed by atoms with Gasteiger partial charge in [0.05, 0.1) is 12.1 Å². The minimum Gasteiger partial charge on any atom is -0.342 e. The second-order valence-electron chi connectivity index (χ2n) is 7.33. The van der Waals surface area contributed by atoms with Crippen LogP contribution in [0.1, 0.15) is 36.8 Å². The summed E-state index contributed by atoms with van der Waals surface area (Å²) in [5, 5.41) is 2.10. The van der Waals surface area contributed by atoms with Gasteiger partial charge in [-0.3, -0.25) is 9.20 Å². The normalized spacial score (nSPS) is 17.0. The molecule has 6 heteroatoms. The Kier molecular flexibility index (Phi) is 4.31. The van der Waals surface area contributed by atoms with Gasteiger partial charge in [-0.15, -0.1) is 11.3 Å². The largest absolute Gasteiger partial charge is 0.342 e. The highest BCUT2D eigenvalue weighted by atomic mass is 32.1. The first-order chi connectivity index (χ1) is 12.5. The van der Waals surface area contributed by atoms with Crippen molar-refractivity contribution in [2.45, 2.75) is 38.5 Å². The fraction of sp³-hybridized carbons (Fsp3) is 0.400. The van der Waals surface area contributed by atoms with Gasteiger partial charge in [-0.05, 0) is 37.5 Å². The van der Waals surface area contributed by atoms with Gasteiger partial charge in [0.15, 0.2) is 0 Å². The molecule has 0 spiro atoms. The van der Waals surface area contributed by atoms with Gasteiger partial charge in [0.1, 0.15) is 16.5 Å². The number of hydrogen-bond acceptors (Lipinski definition) is 3. The highest BCUT2D eigenvalue weighted by Gasteiger charge is 2.37. The summed E-state index contributed by atoms with van der Waals surface area (Å²) in [4.78, 5) is 20.6. The van der Waals surface area contributed by atoms with Gasteiger partial charge < -0.3 is 4.90 Å². The van der Waals surface area contributed by atoms with Crippen LogP contribution in [0.2, 0.25) is 0 Å². The molecule has 0 unspecified atom stereocenters. The molecule has 0 bridgehead atoms. The maximum Gasteiger partial charge on any atom is 0.226 e. The molecule has 1 aliphatic rings. The lowest BCUT2D eigenvalue weighted by molar-refractivity contribution is -0.132. The first kappa shape index (κ1) is 17.2. The van der Waals surface area contributed by atoms with E-state index in [9.17, 15) is 9.18 Å². The third kappa shape index (κ3) is 3.03. The molecule has 3 aromatic rings. The number of fused-ring (bicyclic) bond motifs is 1. The molecule has 136 valence electrons. The number of aryl methyl sites for hydroxylation is 1. The van der Waals surface area contributed by atoms with E-state index in [1.54, 1.807) is 23.5 Å². The van der Waals surface area contributed by atoms with Gasteiger partial charge in [0.2, 0.25) is 5.91 Å². The van der Waals surface area contributed by atoms with Crippen molar-refractivity contribution in [3.05, 3.63) is 58.7 Å². The SMILES string of the molecule is Cc1nc(C2(C)CCN(C(=O)Cc3ccc(F)cc3)CC2)c2sccn12. The summed E-state index contributed by atoms with van der Waals surface area (Å²) in [5.74, 6) is 0.860. The zero-order valence-electron chi connectivity index (χ0n) is 15.0. The van der Waals surface area contributed by atoms with Crippen LogP contribution >= 0.6 is 11.3 Å². The first-order valence-electron chi connectivity index (χ1n) is 8.91. The van der Waals surface area contributed by atoms with E-state index in [1.807, 2.05) is 11.8 Å². The number of aromatic nitrogens is 2. The maximum atomic E-state index is 13.0. The number of carbonyl (C=O) groups is 1. The van der Waals surface area contributed by atoms with Gasteiger partial charge in [-0.25, -0.2) is 9.37 Å². The molecule has 4 rings (SSSR count). The quantitative estimate of drug-likeness (QED) is 0.699. The number of amides is 1. The second-order valence-corrected chi connectivity index (χ2v) is 8.23. The zero-order chi connectivity index (χ0) is 18.3. The van der Waals surface area contributed by atoms with E-state index in [1.165, 1.54) is 17.0 Å². The molecule has 0 radical (unpaired) electrons. The Hall–Kier alpha value is -2.21. The van der Waals surface area contributed by atoms with Gasteiger partial charge in [0.25, 0.3) is 0 Å². The zero-order valence-corrected chi connectivity index (χ0v) is 15.9. The Morgan fingerprint density at radius 2 is 1.96 bits per heavy atom. The number of piperidine rings is 1. The Balaban J connectivity index is 1.45. The van der Waals surface area contributed by atoms with E-state index in [2.05, 4.69) is 22.9 Å². The summed E-state index contributed by atoms with van der Waals surface area (Å²) in [7, 11) is 0. The molecular weight excluding hydrogens is 349 g/mol. The number of carbonyl (C=O) groups excluding carboxylic acids is 1. The third-order valence-electron chi connectivity index (χ3n) is 5.49. The standard InChI is InChI=1S/C20H22FN3OS/c1-14-22-18(19-24(14)11-12-26-19)20(2)7-9-23(10-8-20)17(25)13-15-3-5-16(21)6-4-15/h3-6,11-12H,7-10,13H2,1-2H3. The van der Waals surface area contributed by atoms with Crippen LogP contribution in [-0.2, 0) is 16.6 Å². The molecule has 4 nitrogen and oxygen atoms in total. The summed E-state index contributed by atoms with van der Waals surface area (Å²) < 4.78 is 15.2. The topological polar surface area (TPSA) is 37.6 Å². The second kappa shape index (κ2) is 6.50. The monoisotopic (exact) mass is 371 g/mol. The molecule has 0 N–H and O–H groups in total. The maximum absolute atomic E-state index is 13.0. The van der Waals surface area contributed by atoms with Crippen molar-refractivity contribution >= 4 is 22.1 Å². The summed E-state index contributed by atoms with van der Waals surface area (Å²) in [6.45, 7) is 5.77. The molecular formula is C20H22FN3OS. The van der Waals surface area contributed by atoms with Crippen LogP contribution in [0.15, 0.2) is 35.8 Å². The molecule has 1 aliphatic heterocycles. The highest BCUT2D eigenvalue weighted by molar-refractivity contribution is 7.15. The fourth-order valence-corrected chi connectivity index (χ4v) is 4.76. The Labute approximate surface area is 156 Å². The van der Waals surface area contributed by atoms with E-state index in [0.717, 1.165) is 43.0 Å². The smallest absolute Gasteiger partial charge is 0.226 e. The van der Waals surface area contributed by atoms with Crippen molar-refractivity contribution < 1.29 is 9.18 Å². The molecule has 0 atom stereocenters. The summed E-state index contributed by atoms with van der Waals surface area (Å²) in [6.07, 6.45) is 4.21. The van der Waals surface area contributed by atoms with Crippen molar-refractivity contribution in [3.63, 3.8) is 0 Å². The molecule has 0 aliphatic carbocycles. The number of imidazole rings is 1. The van der Waals surface area contributed by atoms with Crippen molar-refractivity contribution in [2.75, 3.05) is 13.1 Å². The molecule has 1 amide bonds. The van der Waals surface area contributed by atoms with Crippen LogP contribution in [0.5, 0.6) is 0 Å². The predicted octanol–water partition coefficient (Wildman–Crippen LogP) is 3.97. The van der Waals surface area contributed by atoms with Gasteiger partial charge in [-0.2, -0.15) is 0 Å². The van der Waals surface area contributed by atoms with E-state index in [0.29, 0.717) is 6.42 Å². The highest BCUT2D eigenvalue weighted by Crippen LogP contribution is 2.38. The number of hydrogen-bond donors (Lipinski definition) is 0. The van der Waals surface area contributed by atoms with Crippen LogP contribution in [-0.4, -0.2) is 33.3 Å². The third-order valence-corrected chi connectivity index (χ3v) is 6.36. The van der Waals surface area contributed by atoms with Crippen LogP contribution in [0, 0.1) is 12.7 Å². The van der Waals surface area contributed by atoms with E-state index in [-0.39, 0.29) is 17.1 Å². The molecule has 2 aromatic heterocycles. The van der Waals surface area contributed by atoms with Crippen LogP contribution in [0.25, 0.3) is 4.83 Å². The Morgan fingerprint density at radius 3 is 2.65 bits per heavy atom. The average molecular weight is 371 g/mol. The van der Waals surface area contributed by atoms with Crippen molar-refractivity contribution in [1.82, 2.24) is 14.3 Å². The molecule has 0 saturated carbocycles. The molecule has 3 heterocycles. The van der Waals surface area contributed by atoms with Gasteiger partial charge in [0, 0.05) is 30.1 Å². The van der Waals surface area contributed by atoms with Crippen LogP contribution in [0.3, 0.4) is 0 Å². The predicted molar refractivity (Wildman–Crippen MR) is 101 cm³/mol. The summed E-state index contributed by atoms with van der Waals surface area (Å²) in [5.41, 5.74) is 2.02. The number of thiazole rings is 1. The molecule has 1 aromatic carbocycles. The van der Waals surface area contributed by atoms with Crippen molar-refractivity contribution in [3.8, 4) is 0 Å².